The molecule has 2 aliphatic carbocycles. The Morgan fingerprint density at radius 3 is 2.59 bits per heavy atom. The average molecular weight is 792 g/mol. The maximum absolute atomic E-state index is 14.7. The number of sulfonamides is 1. The van der Waals surface area contributed by atoms with Crippen LogP contribution in [0.3, 0.4) is 0 Å². The van der Waals surface area contributed by atoms with Gasteiger partial charge in [-0.25, -0.2) is 13.4 Å². The van der Waals surface area contributed by atoms with Gasteiger partial charge >= 0.3 is 5.97 Å². The summed E-state index contributed by atoms with van der Waals surface area (Å²) >= 11 is 0. The quantitative estimate of drug-likeness (QED) is 0.197. The lowest BCUT2D eigenvalue weighted by molar-refractivity contribution is -0.159. The van der Waals surface area contributed by atoms with Crippen molar-refractivity contribution in [3.05, 3.63) is 42.8 Å². The third-order valence-electron chi connectivity index (χ3n) is 11.3. The summed E-state index contributed by atoms with van der Waals surface area (Å²) in [5.41, 5.74) is 0.116. The second kappa shape index (κ2) is 15.4. The number of esters is 1. The number of fused-ring (bicyclic) bond motifs is 3. The number of rotatable bonds is 9. The molecule has 3 aromatic rings. The smallest absolute Gasteiger partial charge is 0.307 e. The fourth-order valence-corrected chi connectivity index (χ4v) is 9.65. The van der Waals surface area contributed by atoms with Gasteiger partial charge in [-0.1, -0.05) is 31.1 Å². The standard InChI is InChI=1S/C41H53N5O9S/c1-25(2)46-31-15-11-14-30(36-42-18-19-53-36)35(31)43-39(46)54-28-21-32-33(47)23-41(38(50)44-56(51,52)29-16-17-29)22-27(41)13-10-8-6-7-9-12-26(37(49)45(32)24-28)20-34(48)55-40(3,4)5/h10-11,13-15,18-19,25-29,32H,6-9,12,16-17,20-24H2,1-5H3,(H,44,50)/b13-10-/t26-,27-,28-,32+,41-/m1/s1. The Morgan fingerprint density at radius 2 is 1.89 bits per heavy atom. The number of hydrogen-bond donors (Lipinski definition) is 1. The monoisotopic (exact) mass is 791 g/mol. The summed E-state index contributed by atoms with van der Waals surface area (Å²) in [7, 11) is -3.85. The zero-order valence-corrected chi connectivity index (χ0v) is 33.7. The molecule has 2 saturated carbocycles. The molecule has 56 heavy (non-hydrogen) atoms. The van der Waals surface area contributed by atoms with Crippen molar-refractivity contribution < 1.29 is 41.5 Å². The fourth-order valence-electron chi connectivity index (χ4n) is 8.26. The molecular weight excluding hydrogens is 739 g/mol. The van der Waals surface area contributed by atoms with Gasteiger partial charge in [0.15, 0.2) is 5.78 Å². The van der Waals surface area contributed by atoms with Crippen LogP contribution in [0.5, 0.6) is 6.01 Å². The molecule has 1 aromatic carbocycles. The van der Waals surface area contributed by atoms with Crippen LogP contribution < -0.4 is 9.46 Å². The van der Waals surface area contributed by atoms with Gasteiger partial charge in [0.05, 0.1) is 46.9 Å². The van der Waals surface area contributed by atoms with Crippen LogP contribution in [0.25, 0.3) is 22.5 Å². The third kappa shape index (κ3) is 8.42. The van der Waals surface area contributed by atoms with E-state index in [4.69, 9.17) is 18.9 Å². The summed E-state index contributed by atoms with van der Waals surface area (Å²) in [4.78, 5) is 67.0. The number of hydrogen-bond acceptors (Lipinski definition) is 11. The molecule has 4 heterocycles. The van der Waals surface area contributed by atoms with Gasteiger partial charge in [0.2, 0.25) is 27.7 Å². The van der Waals surface area contributed by atoms with Crippen molar-refractivity contribution in [2.45, 2.75) is 134 Å². The molecule has 5 atom stereocenters. The number of carbonyl (C=O) groups is 4. The minimum absolute atomic E-state index is 0.0482. The van der Waals surface area contributed by atoms with Crippen molar-refractivity contribution in [2.75, 3.05) is 6.54 Å². The highest BCUT2D eigenvalue weighted by Crippen LogP contribution is 2.57. The predicted octanol–water partition coefficient (Wildman–Crippen LogP) is 6.06. The van der Waals surface area contributed by atoms with E-state index >= 15 is 0 Å². The highest BCUT2D eigenvalue weighted by Gasteiger charge is 2.61. The van der Waals surface area contributed by atoms with Crippen molar-refractivity contribution in [1.29, 1.82) is 0 Å². The number of imidazole rings is 1. The van der Waals surface area contributed by atoms with Crippen LogP contribution in [0.1, 0.15) is 111 Å². The lowest BCUT2D eigenvalue weighted by Crippen LogP contribution is -2.46. The number of nitrogens with one attached hydrogen (secondary N) is 1. The summed E-state index contributed by atoms with van der Waals surface area (Å²) in [5, 5.41) is -0.599. The molecule has 14 nitrogen and oxygen atoms in total. The Balaban J connectivity index is 1.22. The first-order valence-corrected chi connectivity index (χ1v) is 21.5. The van der Waals surface area contributed by atoms with Crippen molar-refractivity contribution in [2.24, 2.45) is 17.3 Å². The van der Waals surface area contributed by atoms with Crippen LogP contribution in [0.4, 0.5) is 0 Å². The zero-order valence-electron chi connectivity index (χ0n) is 32.9. The molecule has 302 valence electrons. The largest absolute Gasteiger partial charge is 0.460 e. The summed E-state index contributed by atoms with van der Waals surface area (Å²) in [6.45, 7) is 9.39. The minimum Gasteiger partial charge on any atom is -0.460 e. The average Bonchev–Trinajstić information content (AvgIpc) is 3.91. The zero-order chi connectivity index (χ0) is 40.0. The maximum Gasteiger partial charge on any atom is 0.307 e. The lowest BCUT2D eigenvalue weighted by atomic mass is 9.90. The molecule has 1 N–H and O–H groups in total. The Bertz CT molecular complexity index is 2110. The van der Waals surface area contributed by atoms with Gasteiger partial charge in [-0.2, -0.15) is 4.98 Å². The molecule has 2 aliphatic heterocycles. The summed E-state index contributed by atoms with van der Waals surface area (Å²) in [6, 6.07) is 4.94. The van der Waals surface area contributed by atoms with Gasteiger partial charge < -0.3 is 18.8 Å². The number of nitrogens with zero attached hydrogens (tertiary/aromatic N) is 4. The van der Waals surface area contributed by atoms with Gasteiger partial charge in [0.25, 0.3) is 6.01 Å². The number of benzene rings is 1. The SMILES string of the molecule is CC(C)n1c(O[C@@H]2C[C@H]3C(=O)C[C@]4(C(=O)NS(=O)(=O)C5CC5)C[C@H]4/C=C\CCCCC[C@H](CC(=O)OC(C)(C)C)C(=O)N3C2)nc2c(-c3ncco3)cccc21. The number of aromatic nitrogens is 3. The molecule has 0 bridgehead atoms. The second-order valence-corrected chi connectivity index (χ2v) is 19.2. The Labute approximate surface area is 327 Å². The van der Waals surface area contributed by atoms with Gasteiger partial charge in [0, 0.05) is 24.8 Å². The van der Waals surface area contributed by atoms with Gasteiger partial charge in [-0.05, 0) is 91.2 Å². The molecule has 2 amide bonds. The summed E-state index contributed by atoms with van der Waals surface area (Å²) in [6.07, 6.45) is 10.9. The van der Waals surface area contributed by atoms with Crippen LogP contribution in [0, 0.1) is 17.3 Å². The molecule has 0 spiro atoms. The van der Waals surface area contributed by atoms with E-state index in [0.717, 1.165) is 24.8 Å². The van der Waals surface area contributed by atoms with Gasteiger partial charge in [0.1, 0.15) is 23.5 Å². The Morgan fingerprint density at radius 1 is 1.11 bits per heavy atom. The highest BCUT2D eigenvalue weighted by molar-refractivity contribution is 7.90. The van der Waals surface area contributed by atoms with E-state index in [0.29, 0.717) is 55.1 Å². The molecule has 2 aromatic heterocycles. The van der Waals surface area contributed by atoms with E-state index in [1.165, 1.54) is 11.2 Å². The van der Waals surface area contributed by atoms with E-state index in [9.17, 15) is 27.6 Å². The second-order valence-electron chi connectivity index (χ2n) is 17.2. The summed E-state index contributed by atoms with van der Waals surface area (Å²) in [5.74, 6) is -2.51. The number of ether oxygens (including phenoxy) is 2. The predicted molar refractivity (Wildman–Crippen MR) is 207 cm³/mol. The van der Waals surface area contributed by atoms with Crippen molar-refractivity contribution in [3.63, 3.8) is 0 Å². The van der Waals surface area contributed by atoms with Crippen LogP contribution >= 0.6 is 0 Å². The van der Waals surface area contributed by atoms with Crippen molar-refractivity contribution in [3.8, 4) is 17.5 Å². The summed E-state index contributed by atoms with van der Waals surface area (Å²) < 4.78 is 48.0. The number of para-hydroxylation sites is 1. The number of allylic oxidation sites excluding steroid dienone is 2. The first-order valence-electron chi connectivity index (χ1n) is 19.9. The van der Waals surface area contributed by atoms with E-state index < -0.39 is 56.2 Å². The molecule has 4 aliphatic rings. The molecule has 3 fully saturated rings. The van der Waals surface area contributed by atoms with Crippen molar-refractivity contribution in [1.82, 2.24) is 24.2 Å². The number of oxazole rings is 1. The van der Waals surface area contributed by atoms with Gasteiger partial charge in [-0.15, -0.1) is 0 Å². The molecular formula is C41H53N5O9S. The number of ketones is 1. The maximum atomic E-state index is 14.7. The lowest BCUT2D eigenvalue weighted by Gasteiger charge is -2.29. The molecule has 7 rings (SSSR count). The molecule has 1 saturated heterocycles. The third-order valence-corrected chi connectivity index (χ3v) is 13.1. The number of Topliss-reactive ketones (excluding diaryl/α,β-unsaturated/α-hetero) is 1. The number of amides is 2. The van der Waals surface area contributed by atoms with E-state index in [1.54, 1.807) is 27.0 Å². The Hall–Kier alpha value is -4.53. The van der Waals surface area contributed by atoms with E-state index in [1.807, 2.05) is 48.8 Å². The van der Waals surface area contributed by atoms with Crippen molar-refractivity contribution >= 4 is 44.6 Å². The van der Waals surface area contributed by atoms with Gasteiger partial charge in [-0.3, -0.25) is 28.5 Å². The normalized spacial score (nSPS) is 26.9. The fraction of sp³-hybridized carbons (Fsp3) is 0.610. The number of carbonyl (C=O) groups excluding carboxylic acids is 4. The highest BCUT2D eigenvalue weighted by atomic mass is 32.2. The Kier molecular flexibility index (Phi) is 10.9. The van der Waals surface area contributed by atoms with Crippen LogP contribution in [0.15, 0.2) is 47.2 Å². The van der Waals surface area contributed by atoms with Crippen LogP contribution in [-0.4, -0.2) is 81.0 Å². The first-order chi connectivity index (χ1) is 26.6. The van der Waals surface area contributed by atoms with Crippen LogP contribution in [0.2, 0.25) is 0 Å². The molecule has 0 radical (unpaired) electrons. The minimum atomic E-state index is -3.85. The van der Waals surface area contributed by atoms with E-state index in [2.05, 4.69) is 9.71 Å². The first kappa shape index (κ1) is 39.7. The van der Waals surface area contributed by atoms with Crippen LogP contribution in [-0.2, 0) is 33.9 Å². The van der Waals surface area contributed by atoms with E-state index in [-0.39, 0.29) is 49.5 Å². The topological polar surface area (TPSA) is 180 Å². The molecule has 15 heteroatoms. The molecule has 0 unspecified atom stereocenters.